The predicted octanol–water partition coefficient (Wildman–Crippen LogP) is 5.46. The number of ketones is 1. The van der Waals surface area contributed by atoms with Crippen LogP contribution in [0.25, 0.3) is 11.4 Å². The van der Waals surface area contributed by atoms with Crippen LogP contribution in [-0.4, -0.2) is 37.8 Å². The summed E-state index contributed by atoms with van der Waals surface area (Å²) in [6.45, 7) is 8.56. The summed E-state index contributed by atoms with van der Waals surface area (Å²) in [7, 11) is 0. The third-order valence-electron chi connectivity index (χ3n) is 6.52. The minimum Gasteiger partial charge on any atom is -0.505 e. The number of imidazole rings is 1. The fourth-order valence-corrected chi connectivity index (χ4v) is 5.21. The Morgan fingerprint density at radius 3 is 2.70 bits per heavy atom. The number of aliphatic hydroxyl groups excluding tert-OH is 1. The quantitative estimate of drug-likeness (QED) is 0.199. The second-order valence-electron chi connectivity index (χ2n) is 9.52. The van der Waals surface area contributed by atoms with E-state index in [0.717, 1.165) is 12.0 Å². The van der Waals surface area contributed by atoms with E-state index < -0.39 is 17.7 Å². The summed E-state index contributed by atoms with van der Waals surface area (Å²) in [5, 5.41) is 13.7. The third-order valence-corrected chi connectivity index (χ3v) is 7.29. The van der Waals surface area contributed by atoms with Crippen molar-refractivity contribution in [2.75, 3.05) is 11.5 Å². The number of fused-ring (bicyclic) bond motifs is 1. The van der Waals surface area contributed by atoms with Crippen LogP contribution in [0.1, 0.15) is 48.8 Å². The zero-order valence-corrected chi connectivity index (χ0v) is 22.0. The highest BCUT2D eigenvalue weighted by atomic mass is 32.1. The van der Waals surface area contributed by atoms with Gasteiger partial charge in [-0.2, -0.15) is 0 Å². The minimum absolute atomic E-state index is 0.0244. The highest BCUT2D eigenvalue weighted by Crippen LogP contribution is 2.43. The van der Waals surface area contributed by atoms with Crippen LogP contribution in [0.15, 0.2) is 59.7 Å². The lowest BCUT2D eigenvalue weighted by atomic mass is 9.96. The van der Waals surface area contributed by atoms with Crippen LogP contribution >= 0.6 is 11.3 Å². The lowest BCUT2D eigenvalue weighted by Gasteiger charge is -2.23. The number of benzene rings is 1. The number of pyridine rings is 1. The third kappa shape index (κ3) is 4.40. The Balaban J connectivity index is 1.67. The van der Waals surface area contributed by atoms with Gasteiger partial charge in [0, 0.05) is 17.8 Å². The fraction of sp³-hybridized carbons (Fsp3) is 0.286. The molecule has 1 N–H and O–H groups in total. The Labute approximate surface area is 218 Å². The van der Waals surface area contributed by atoms with Crippen LogP contribution < -0.4 is 9.64 Å². The number of hydrogen-bond acceptors (Lipinski definition) is 7. The number of carbonyl (C=O) groups is 2. The first-order chi connectivity index (χ1) is 17.8. The number of anilines is 1. The van der Waals surface area contributed by atoms with Crippen molar-refractivity contribution in [3.63, 3.8) is 0 Å². The van der Waals surface area contributed by atoms with Gasteiger partial charge in [-0.3, -0.25) is 14.5 Å². The first-order valence-electron chi connectivity index (χ1n) is 12.2. The summed E-state index contributed by atoms with van der Waals surface area (Å²) in [4.78, 5) is 37.0. The summed E-state index contributed by atoms with van der Waals surface area (Å²) in [5.41, 5.74) is 3.14. The number of amides is 1. The molecule has 0 spiro atoms. The van der Waals surface area contributed by atoms with Crippen LogP contribution in [0.5, 0.6) is 5.75 Å². The van der Waals surface area contributed by atoms with Gasteiger partial charge in [0.1, 0.15) is 17.1 Å². The minimum atomic E-state index is -0.884. The van der Waals surface area contributed by atoms with Crippen molar-refractivity contribution < 1.29 is 19.4 Å². The molecule has 3 aromatic heterocycles. The Bertz CT molecular complexity index is 1520. The molecule has 1 aromatic carbocycles. The van der Waals surface area contributed by atoms with E-state index in [9.17, 15) is 14.7 Å². The molecule has 0 saturated carbocycles. The molecule has 0 aliphatic carbocycles. The number of carbonyl (C=O) groups excluding carboxylic acids is 2. The number of hydrogen-bond donors (Lipinski definition) is 1. The zero-order chi connectivity index (χ0) is 26.3. The number of Topliss-reactive ketones (excluding diaryl/α,β-unsaturated/α-hetero) is 1. The van der Waals surface area contributed by atoms with Gasteiger partial charge in [-0.25, -0.2) is 9.97 Å². The van der Waals surface area contributed by atoms with E-state index in [1.54, 1.807) is 11.6 Å². The lowest BCUT2D eigenvalue weighted by molar-refractivity contribution is -0.132. The van der Waals surface area contributed by atoms with Gasteiger partial charge in [0.05, 0.1) is 23.9 Å². The number of thiazole rings is 1. The molecular weight excluding hydrogens is 488 g/mol. The Morgan fingerprint density at radius 2 is 2.00 bits per heavy atom. The normalized spacial score (nSPS) is 17.3. The van der Waals surface area contributed by atoms with Gasteiger partial charge in [-0.1, -0.05) is 32.0 Å². The molecule has 8 nitrogen and oxygen atoms in total. The molecule has 1 saturated heterocycles. The molecule has 5 rings (SSSR count). The van der Waals surface area contributed by atoms with Gasteiger partial charge >= 0.3 is 5.91 Å². The molecule has 1 amide bonds. The second kappa shape index (κ2) is 9.82. The van der Waals surface area contributed by atoms with Gasteiger partial charge in [0.15, 0.2) is 10.9 Å². The van der Waals surface area contributed by atoms with Gasteiger partial charge in [-0.15, -0.1) is 11.3 Å². The van der Waals surface area contributed by atoms with Gasteiger partial charge in [0.2, 0.25) is 0 Å². The van der Waals surface area contributed by atoms with E-state index in [2.05, 4.69) is 23.8 Å². The molecule has 9 heteroatoms. The molecule has 1 fully saturated rings. The first kappa shape index (κ1) is 24.7. The number of rotatable bonds is 7. The molecule has 4 aromatic rings. The molecule has 0 bridgehead atoms. The van der Waals surface area contributed by atoms with Crippen molar-refractivity contribution >= 4 is 39.6 Å². The SMILES string of the molecule is Cc1cccn2c(C)c(C(O)=C3C(=O)C(=O)N(c4nccs4)C3c3cccc(OCCC(C)C)c3)nc12. The van der Waals surface area contributed by atoms with E-state index >= 15 is 0 Å². The maximum absolute atomic E-state index is 13.4. The van der Waals surface area contributed by atoms with E-state index in [4.69, 9.17) is 4.74 Å². The number of nitrogens with zero attached hydrogens (tertiary/aromatic N) is 4. The largest absolute Gasteiger partial charge is 0.505 e. The maximum atomic E-state index is 13.4. The van der Waals surface area contributed by atoms with Gasteiger partial charge in [-0.05, 0) is 55.5 Å². The number of aryl methyl sites for hydroxylation is 2. The van der Waals surface area contributed by atoms with Gasteiger partial charge in [0.25, 0.3) is 5.78 Å². The van der Waals surface area contributed by atoms with E-state index in [0.29, 0.717) is 40.3 Å². The van der Waals surface area contributed by atoms with E-state index in [-0.39, 0.29) is 17.0 Å². The molecule has 1 aliphatic rings. The van der Waals surface area contributed by atoms with Crippen LogP contribution in [0.4, 0.5) is 5.13 Å². The Kier molecular flexibility index (Phi) is 6.55. The van der Waals surface area contributed by atoms with Crippen molar-refractivity contribution in [2.45, 2.75) is 40.2 Å². The maximum Gasteiger partial charge on any atom is 0.301 e. The molecule has 1 atom stereocenters. The van der Waals surface area contributed by atoms with Crippen molar-refractivity contribution in [2.24, 2.45) is 5.92 Å². The summed E-state index contributed by atoms with van der Waals surface area (Å²) in [6.07, 6.45) is 4.33. The standard InChI is InChI=1S/C28H28N4O4S/c1-16(2)10-13-36-20-9-5-8-19(15-20)23-21(25(34)27(35)32(23)28-29-11-14-37-28)24(33)22-18(4)31-12-6-7-17(3)26(31)30-22/h5-9,11-12,14-16,23,33H,10,13H2,1-4H3. The monoisotopic (exact) mass is 516 g/mol. The summed E-state index contributed by atoms with van der Waals surface area (Å²) in [6, 6.07) is 10.2. The van der Waals surface area contributed by atoms with Crippen LogP contribution in [0.3, 0.4) is 0 Å². The van der Waals surface area contributed by atoms with Crippen molar-refractivity contribution in [1.29, 1.82) is 0 Å². The van der Waals surface area contributed by atoms with Crippen LogP contribution in [0, 0.1) is 19.8 Å². The van der Waals surface area contributed by atoms with Crippen LogP contribution in [-0.2, 0) is 9.59 Å². The number of aliphatic hydroxyl groups is 1. The topological polar surface area (TPSA) is 97.0 Å². The first-order valence-corrected chi connectivity index (χ1v) is 13.0. The fourth-order valence-electron chi connectivity index (χ4n) is 4.54. The smallest absolute Gasteiger partial charge is 0.301 e. The molecule has 0 radical (unpaired) electrons. The Morgan fingerprint density at radius 1 is 1.19 bits per heavy atom. The highest BCUT2D eigenvalue weighted by molar-refractivity contribution is 7.14. The number of ether oxygens (including phenoxy) is 1. The molecule has 1 aliphatic heterocycles. The molecule has 4 heterocycles. The molecule has 1 unspecified atom stereocenters. The Hall–Kier alpha value is -3.98. The molecule has 37 heavy (non-hydrogen) atoms. The summed E-state index contributed by atoms with van der Waals surface area (Å²) < 4.78 is 7.81. The molecular formula is C28H28N4O4S. The molecule has 190 valence electrons. The number of aromatic nitrogens is 3. The van der Waals surface area contributed by atoms with E-state index in [1.807, 2.05) is 60.8 Å². The zero-order valence-electron chi connectivity index (χ0n) is 21.1. The highest BCUT2D eigenvalue weighted by Gasteiger charge is 2.48. The average molecular weight is 517 g/mol. The lowest BCUT2D eigenvalue weighted by Crippen LogP contribution is -2.29. The van der Waals surface area contributed by atoms with Gasteiger partial charge < -0.3 is 14.2 Å². The van der Waals surface area contributed by atoms with Crippen molar-refractivity contribution in [3.05, 3.63) is 82.3 Å². The predicted molar refractivity (Wildman–Crippen MR) is 143 cm³/mol. The summed E-state index contributed by atoms with van der Waals surface area (Å²) in [5.74, 6) is -0.712. The average Bonchev–Trinajstić information content (AvgIpc) is 3.58. The summed E-state index contributed by atoms with van der Waals surface area (Å²) >= 11 is 1.25. The van der Waals surface area contributed by atoms with Crippen molar-refractivity contribution in [3.8, 4) is 5.75 Å². The van der Waals surface area contributed by atoms with Crippen molar-refractivity contribution in [1.82, 2.24) is 14.4 Å². The van der Waals surface area contributed by atoms with Crippen LogP contribution in [0.2, 0.25) is 0 Å². The second-order valence-corrected chi connectivity index (χ2v) is 10.4. The van der Waals surface area contributed by atoms with E-state index in [1.165, 1.54) is 16.2 Å².